The molecule has 7 heteroatoms. The van der Waals surface area contributed by atoms with Crippen molar-refractivity contribution in [3.63, 3.8) is 0 Å². The van der Waals surface area contributed by atoms with E-state index in [1.807, 2.05) is 30.0 Å². The van der Waals surface area contributed by atoms with Gasteiger partial charge < -0.3 is 15.5 Å². The number of halogens is 1. The van der Waals surface area contributed by atoms with Crippen LogP contribution in [0.4, 0.5) is 4.39 Å². The second kappa shape index (κ2) is 12.0. The van der Waals surface area contributed by atoms with E-state index in [0.717, 1.165) is 24.3 Å². The van der Waals surface area contributed by atoms with Crippen molar-refractivity contribution in [2.24, 2.45) is 0 Å². The third-order valence-electron chi connectivity index (χ3n) is 2.97. The summed E-state index contributed by atoms with van der Waals surface area (Å²) < 4.78 is 13.3. The molecule has 2 aromatic carbocycles. The molecule has 3 N–H and O–H groups in total. The first-order valence-corrected chi connectivity index (χ1v) is 8.57. The molecule has 0 aliphatic carbocycles. The molecule has 0 spiro atoms. The number of hydrogen-bond acceptors (Lipinski definition) is 4. The second-order valence-electron chi connectivity index (χ2n) is 4.89. The van der Waals surface area contributed by atoms with Crippen LogP contribution < -0.4 is 5.32 Å². The normalized spacial score (nSPS) is 9.80. The SMILES string of the molecule is Fc1ccccc1CNCCCSc1ccccc1.O=C(O)C(=O)O. The van der Waals surface area contributed by atoms with Crippen molar-refractivity contribution in [2.75, 3.05) is 12.3 Å². The third kappa shape index (κ3) is 9.49. The first-order chi connectivity index (χ1) is 12.0. The van der Waals surface area contributed by atoms with Gasteiger partial charge in [-0.3, -0.25) is 0 Å². The topological polar surface area (TPSA) is 86.6 Å². The highest BCUT2D eigenvalue weighted by molar-refractivity contribution is 7.99. The van der Waals surface area contributed by atoms with Crippen LogP contribution in [0.15, 0.2) is 59.5 Å². The van der Waals surface area contributed by atoms with Crippen LogP contribution in [0.1, 0.15) is 12.0 Å². The van der Waals surface area contributed by atoms with Gasteiger partial charge >= 0.3 is 11.9 Å². The molecule has 2 aromatic rings. The van der Waals surface area contributed by atoms with Crippen LogP contribution in [0.2, 0.25) is 0 Å². The summed E-state index contributed by atoms with van der Waals surface area (Å²) in [6.07, 6.45) is 1.08. The first-order valence-electron chi connectivity index (χ1n) is 7.59. The average Bonchev–Trinajstić information content (AvgIpc) is 2.61. The zero-order valence-corrected chi connectivity index (χ0v) is 14.3. The van der Waals surface area contributed by atoms with Crippen molar-refractivity contribution in [2.45, 2.75) is 17.9 Å². The Morgan fingerprint density at radius 2 is 1.56 bits per heavy atom. The number of hydrogen-bond donors (Lipinski definition) is 3. The van der Waals surface area contributed by atoms with Crippen molar-refractivity contribution in [1.29, 1.82) is 0 Å². The van der Waals surface area contributed by atoms with E-state index in [1.165, 1.54) is 11.0 Å². The van der Waals surface area contributed by atoms with E-state index >= 15 is 0 Å². The largest absolute Gasteiger partial charge is 0.473 e. The number of nitrogens with one attached hydrogen (secondary N) is 1. The third-order valence-corrected chi connectivity index (χ3v) is 4.06. The number of thioether (sulfide) groups is 1. The highest BCUT2D eigenvalue weighted by atomic mass is 32.2. The first kappa shape index (κ1) is 20.7. The monoisotopic (exact) mass is 365 g/mol. The van der Waals surface area contributed by atoms with Crippen molar-refractivity contribution < 1.29 is 24.2 Å². The fourth-order valence-electron chi connectivity index (χ4n) is 1.77. The van der Waals surface area contributed by atoms with Gasteiger partial charge in [-0.2, -0.15) is 0 Å². The Labute approximate surface area is 149 Å². The molecule has 0 aromatic heterocycles. The molecule has 0 saturated carbocycles. The standard InChI is InChI=1S/C16H18FNS.C2H2O4/c17-16-10-5-4-7-14(16)13-18-11-6-12-19-15-8-2-1-3-9-15;3-1(4)2(5)6/h1-5,7-10,18H,6,11-13H2;(H,3,4)(H,5,6). The van der Waals surface area contributed by atoms with Gasteiger partial charge in [0.25, 0.3) is 0 Å². The highest BCUT2D eigenvalue weighted by Gasteiger charge is 2.04. The van der Waals surface area contributed by atoms with Gasteiger partial charge in [-0.15, -0.1) is 11.8 Å². The number of benzene rings is 2. The molecule has 5 nitrogen and oxygen atoms in total. The molecule has 134 valence electrons. The molecule has 0 heterocycles. The quantitative estimate of drug-likeness (QED) is 0.397. The summed E-state index contributed by atoms with van der Waals surface area (Å²) in [5.41, 5.74) is 0.734. The molecule has 0 atom stereocenters. The maximum Gasteiger partial charge on any atom is 0.414 e. The molecule has 25 heavy (non-hydrogen) atoms. The van der Waals surface area contributed by atoms with E-state index in [0.29, 0.717) is 6.54 Å². The van der Waals surface area contributed by atoms with Crippen molar-refractivity contribution >= 4 is 23.7 Å². The zero-order chi connectivity index (χ0) is 18.5. The van der Waals surface area contributed by atoms with Crippen LogP contribution in [0.25, 0.3) is 0 Å². The zero-order valence-electron chi connectivity index (χ0n) is 13.5. The molecule has 0 aliphatic rings. The Kier molecular flexibility index (Phi) is 9.96. The predicted molar refractivity (Wildman–Crippen MR) is 95.2 cm³/mol. The van der Waals surface area contributed by atoms with Gasteiger partial charge in [-0.25, -0.2) is 14.0 Å². The molecule has 0 saturated heterocycles. The molecule has 0 amide bonds. The number of carboxylic acids is 2. The molecule has 0 radical (unpaired) electrons. The predicted octanol–water partition coefficient (Wildman–Crippen LogP) is 3.25. The van der Waals surface area contributed by atoms with Gasteiger partial charge in [0.2, 0.25) is 0 Å². The minimum atomic E-state index is -1.82. The summed E-state index contributed by atoms with van der Waals surface area (Å²) in [6.45, 7) is 1.51. The summed E-state index contributed by atoms with van der Waals surface area (Å²) in [5, 5.41) is 18.1. The Bertz CT molecular complexity index is 655. The summed E-state index contributed by atoms with van der Waals surface area (Å²) >= 11 is 1.86. The van der Waals surface area contributed by atoms with Crippen LogP contribution in [-0.2, 0) is 16.1 Å². The minimum absolute atomic E-state index is 0.131. The molecule has 0 aliphatic heterocycles. The number of carboxylic acid groups (broad SMARTS) is 2. The fourth-order valence-corrected chi connectivity index (χ4v) is 2.64. The molecule has 0 fully saturated rings. The smallest absolute Gasteiger partial charge is 0.414 e. The van der Waals surface area contributed by atoms with E-state index < -0.39 is 11.9 Å². The lowest BCUT2D eigenvalue weighted by Gasteiger charge is -2.06. The molecular weight excluding hydrogens is 345 g/mol. The van der Waals surface area contributed by atoms with Crippen LogP contribution in [0, 0.1) is 5.82 Å². The highest BCUT2D eigenvalue weighted by Crippen LogP contribution is 2.17. The number of aliphatic carboxylic acids is 2. The summed E-state index contributed by atoms with van der Waals surface area (Å²) in [5.74, 6) is -2.70. The van der Waals surface area contributed by atoms with Crippen LogP contribution in [0.3, 0.4) is 0 Å². The Balaban J connectivity index is 0.000000450. The summed E-state index contributed by atoms with van der Waals surface area (Å²) in [4.78, 5) is 19.5. The van der Waals surface area contributed by atoms with E-state index in [2.05, 4.69) is 29.6 Å². The Hall–Kier alpha value is -2.38. The van der Waals surface area contributed by atoms with Crippen molar-refractivity contribution in [3.05, 3.63) is 66.0 Å². The summed E-state index contributed by atoms with van der Waals surface area (Å²) in [7, 11) is 0. The fraction of sp³-hybridized carbons (Fsp3) is 0.222. The lowest BCUT2D eigenvalue weighted by molar-refractivity contribution is -0.159. The van der Waals surface area contributed by atoms with Gasteiger partial charge in [0.1, 0.15) is 5.82 Å². The number of carbonyl (C=O) groups is 2. The van der Waals surface area contributed by atoms with Gasteiger partial charge in [0.05, 0.1) is 0 Å². The Morgan fingerprint density at radius 1 is 0.960 bits per heavy atom. The van der Waals surface area contributed by atoms with Gasteiger partial charge in [0, 0.05) is 17.0 Å². The van der Waals surface area contributed by atoms with E-state index in [1.54, 1.807) is 6.07 Å². The van der Waals surface area contributed by atoms with Crippen LogP contribution in [0.5, 0.6) is 0 Å². The van der Waals surface area contributed by atoms with Crippen LogP contribution in [-0.4, -0.2) is 34.4 Å². The average molecular weight is 365 g/mol. The summed E-state index contributed by atoms with van der Waals surface area (Å²) in [6, 6.07) is 17.3. The molecular formula is C18H20FNO4S. The molecule has 2 rings (SSSR count). The van der Waals surface area contributed by atoms with Crippen molar-refractivity contribution in [1.82, 2.24) is 5.32 Å². The number of rotatable bonds is 7. The van der Waals surface area contributed by atoms with Crippen LogP contribution >= 0.6 is 11.8 Å². The lowest BCUT2D eigenvalue weighted by atomic mass is 10.2. The Morgan fingerprint density at radius 3 is 2.16 bits per heavy atom. The maximum absolute atomic E-state index is 13.3. The van der Waals surface area contributed by atoms with Crippen molar-refractivity contribution in [3.8, 4) is 0 Å². The minimum Gasteiger partial charge on any atom is -0.473 e. The van der Waals surface area contributed by atoms with Gasteiger partial charge in [-0.1, -0.05) is 36.4 Å². The second-order valence-corrected chi connectivity index (χ2v) is 6.06. The molecule has 0 unspecified atom stereocenters. The van der Waals surface area contributed by atoms with Gasteiger partial charge in [0.15, 0.2) is 0 Å². The van der Waals surface area contributed by atoms with E-state index in [4.69, 9.17) is 19.8 Å². The van der Waals surface area contributed by atoms with E-state index in [9.17, 15) is 4.39 Å². The van der Waals surface area contributed by atoms with Gasteiger partial charge in [-0.05, 0) is 36.9 Å². The van der Waals surface area contributed by atoms with E-state index in [-0.39, 0.29) is 5.82 Å². The lowest BCUT2D eigenvalue weighted by Crippen LogP contribution is -2.16. The molecule has 0 bridgehead atoms. The maximum atomic E-state index is 13.3.